The zero-order valence-electron chi connectivity index (χ0n) is 16.6. The van der Waals surface area contributed by atoms with E-state index in [2.05, 4.69) is 72.6 Å². The van der Waals surface area contributed by atoms with Crippen molar-refractivity contribution in [3.63, 3.8) is 0 Å². The highest BCUT2D eigenvalue weighted by Gasteiger charge is 2.32. The zero-order valence-corrected chi connectivity index (χ0v) is 16.6. The Kier molecular flexibility index (Phi) is 3.57. The second kappa shape index (κ2) is 6.30. The maximum atomic E-state index is 13.2. The summed E-state index contributed by atoms with van der Waals surface area (Å²) in [6.07, 6.45) is 0. The molecule has 0 aromatic heterocycles. The molecule has 0 N–H and O–H groups in total. The van der Waals surface area contributed by atoms with Gasteiger partial charge in [-0.15, -0.1) is 0 Å². The van der Waals surface area contributed by atoms with Crippen LogP contribution in [0.25, 0.3) is 11.1 Å². The summed E-state index contributed by atoms with van der Waals surface area (Å²) in [5, 5.41) is 0. The molecular weight excluding hydrogens is 366 g/mol. The fourth-order valence-corrected chi connectivity index (χ4v) is 4.86. The predicted molar refractivity (Wildman–Crippen MR) is 122 cm³/mol. The van der Waals surface area contributed by atoms with Crippen molar-refractivity contribution in [3.8, 4) is 0 Å². The Morgan fingerprint density at radius 2 is 0.800 bits per heavy atom. The standard InChI is InChI=1S/C28H19NO/c1-29-24-16-8-6-14-22(24)27(23-15-7-9-17-25(23)29)26-18-10-2-4-12-20(18)28(30)21-13-5-3-11-19(21)26/h2-17H,1H3. The summed E-state index contributed by atoms with van der Waals surface area (Å²) in [6, 6.07) is 33.0. The fraction of sp³-hybridized carbons (Fsp3) is 0.0357. The molecule has 1 heterocycles. The molecule has 0 bridgehead atoms. The van der Waals surface area contributed by atoms with Gasteiger partial charge in [-0.05, 0) is 28.8 Å². The van der Waals surface area contributed by atoms with Gasteiger partial charge in [0.05, 0.1) is 0 Å². The van der Waals surface area contributed by atoms with Crippen molar-refractivity contribution in [3.05, 3.63) is 130 Å². The number of hydrogen-bond donors (Lipinski definition) is 0. The van der Waals surface area contributed by atoms with Gasteiger partial charge in [-0.1, -0.05) is 84.9 Å². The molecule has 142 valence electrons. The highest BCUT2D eigenvalue weighted by molar-refractivity contribution is 6.23. The zero-order chi connectivity index (χ0) is 20.2. The molecule has 0 spiro atoms. The lowest BCUT2D eigenvalue weighted by atomic mass is 9.75. The maximum absolute atomic E-state index is 13.2. The smallest absolute Gasteiger partial charge is 0.194 e. The molecule has 2 heteroatoms. The number of rotatable bonds is 0. The van der Waals surface area contributed by atoms with E-state index >= 15 is 0 Å². The molecule has 4 aromatic rings. The summed E-state index contributed by atoms with van der Waals surface area (Å²) in [5.74, 6) is 0.0973. The Hall–Kier alpha value is -3.91. The van der Waals surface area contributed by atoms with Gasteiger partial charge in [-0.2, -0.15) is 0 Å². The van der Waals surface area contributed by atoms with Crippen molar-refractivity contribution in [1.82, 2.24) is 0 Å². The van der Waals surface area contributed by atoms with E-state index in [1.807, 2.05) is 36.4 Å². The lowest BCUT2D eigenvalue weighted by Crippen LogP contribution is -2.20. The number of nitrogens with zero attached hydrogens (tertiary/aromatic N) is 1. The number of carbonyl (C=O) groups is 1. The number of para-hydroxylation sites is 2. The van der Waals surface area contributed by atoms with Crippen molar-refractivity contribution >= 4 is 28.3 Å². The van der Waals surface area contributed by atoms with Crippen LogP contribution in [0, 0.1) is 0 Å². The Morgan fingerprint density at radius 1 is 0.467 bits per heavy atom. The minimum absolute atomic E-state index is 0.0973. The molecule has 30 heavy (non-hydrogen) atoms. The van der Waals surface area contributed by atoms with Gasteiger partial charge in [-0.3, -0.25) is 4.79 Å². The van der Waals surface area contributed by atoms with E-state index in [9.17, 15) is 4.79 Å². The van der Waals surface area contributed by atoms with Gasteiger partial charge in [0.2, 0.25) is 0 Å². The topological polar surface area (TPSA) is 20.3 Å². The SMILES string of the molecule is CN1c2ccccc2C(=C2c3ccccc3C(=O)c3ccccc32)c2ccccc21. The molecule has 1 aliphatic heterocycles. The lowest BCUT2D eigenvalue weighted by molar-refractivity contribution is 0.103. The van der Waals surface area contributed by atoms with E-state index in [-0.39, 0.29) is 5.78 Å². The number of hydrogen-bond acceptors (Lipinski definition) is 2. The van der Waals surface area contributed by atoms with Crippen molar-refractivity contribution in [2.75, 3.05) is 11.9 Å². The van der Waals surface area contributed by atoms with E-state index in [4.69, 9.17) is 0 Å². The second-order valence-electron chi connectivity index (χ2n) is 7.76. The summed E-state index contributed by atoms with van der Waals surface area (Å²) in [4.78, 5) is 15.5. The van der Waals surface area contributed by atoms with Gasteiger partial charge in [-0.25, -0.2) is 0 Å². The summed E-state index contributed by atoms with van der Waals surface area (Å²) >= 11 is 0. The molecule has 0 unspecified atom stereocenters. The monoisotopic (exact) mass is 385 g/mol. The minimum atomic E-state index is 0.0973. The summed E-state index contributed by atoms with van der Waals surface area (Å²) < 4.78 is 0. The van der Waals surface area contributed by atoms with Crippen LogP contribution in [0.2, 0.25) is 0 Å². The number of ketones is 1. The van der Waals surface area contributed by atoms with Crippen molar-refractivity contribution in [2.45, 2.75) is 0 Å². The third-order valence-corrected chi connectivity index (χ3v) is 6.20. The first-order valence-corrected chi connectivity index (χ1v) is 10.2. The van der Waals surface area contributed by atoms with Gasteiger partial charge in [0.1, 0.15) is 0 Å². The molecule has 0 fully saturated rings. The maximum Gasteiger partial charge on any atom is 0.194 e. The second-order valence-corrected chi connectivity index (χ2v) is 7.76. The van der Waals surface area contributed by atoms with Crippen LogP contribution in [0.1, 0.15) is 38.2 Å². The van der Waals surface area contributed by atoms with Crippen LogP contribution in [0.15, 0.2) is 97.1 Å². The fourth-order valence-electron chi connectivity index (χ4n) is 4.86. The number of benzene rings is 4. The minimum Gasteiger partial charge on any atom is -0.344 e. The molecule has 0 saturated heterocycles. The van der Waals surface area contributed by atoms with E-state index in [1.54, 1.807) is 0 Å². The summed E-state index contributed by atoms with van der Waals surface area (Å²) in [6.45, 7) is 0. The highest BCUT2D eigenvalue weighted by Crippen LogP contribution is 2.50. The molecular formula is C28H19NO. The quantitative estimate of drug-likeness (QED) is 0.311. The van der Waals surface area contributed by atoms with Crippen molar-refractivity contribution < 1.29 is 4.79 Å². The van der Waals surface area contributed by atoms with E-state index < -0.39 is 0 Å². The highest BCUT2D eigenvalue weighted by atomic mass is 16.1. The van der Waals surface area contributed by atoms with E-state index in [1.165, 1.54) is 28.1 Å². The van der Waals surface area contributed by atoms with Gasteiger partial charge < -0.3 is 4.90 Å². The largest absolute Gasteiger partial charge is 0.344 e. The van der Waals surface area contributed by atoms with E-state index in [0.29, 0.717) is 0 Å². The third kappa shape index (κ3) is 2.22. The van der Waals surface area contributed by atoms with Crippen LogP contribution in [0.3, 0.4) is 0 Å². The molecule has 2 nitrogen and oxygen atoms in total. The van der Waals surface area contributed by atoms with Crippen LogP contribution in [0.4, 0.5) is 11.4 Å². The van der Waals surface area contributed by atoms with Crippen molar-refractivity contribution in [1.29, 1.82) is 0 Å². The number of anilines is 2. The van der Waals surface area contributed by atoms with Crippen LogP contribution < -0.4 is 4.90 Å². The van der Waals surface area contributed by atoms with Gasteiger partial charge in [0.15, 0.2) is 5.78 Å². The molecule has 0 saturated carbocycles. The Morgan fingerprint density at radius 3 is 1.27 bits per heavy atom. The van der Waals surface area contributed by atoms with E-state index in [0.717, 1.165) is 27.8 Å². The molecule has 0 atom stereocenters. The molecule has 2 aliphatic rings. The molecule has 4 aromatic carbocycles. The Bertz CT molecular complexity index is 1280. The number of fused-ring (bicyclic) bond motifs is 4. The average Bonchev–Trinajstić information content (AvgIpc) is 2.81. The van der Waals surface area contributed by atoms with Gasteiger partial charge in [0.25, 0.3) is 0 Å². The van der Waals surface area contributed by atoms with Crippen LogP contribution in [-0.4, -0.2) is 12.8 Å². The van der Waals surface area contributed by atoms with Crippen LogP contribution in [0.5, 0.6) is 0 Å². The predicted octanol–water partition coefficient (Wildman–Crippen LogP) is 6.32. The average molecular weight is 385 g/mol. The molecule has 6 rings (SSSR count). The molecule has 1 aliphatic carbocycles. The molecule has 0 amide bonds. The lowest BCUT2D eigenvalue weighted by Gasteiger charge is -2.34. The van der Waals surface area contributed by atoms with Crippen LogP contribution in [-0.2, 0) is 0 Å². The van der Waals surface area contributed by atoms with Gasteiger partial charge >= 0.3 is 0 Å². The first-order chi connectivity index (χ1) is 14.8. The Balaban J connectivity index is 1.83. The number of carbonyl (C=O) groups excluding carboxylic acids is 1. The third-order valence-electron chi connectivity index (χ3n) is 6.20. The normalized spacial score (nSPS) is 14.0. The first-order valence-electron chi connectivity index (χ1n) is 10.2. The van der Waals surface area contributed by atoms with Crippen molar-refractivity contribution in [2.24, 2.45) is 0 Å². The van der Waals surface area contributed by atoms with Crippen LogP contribution >= 0.6 is 0 Å². The molecule has 0 radical (unpaired) electrons. The summed E-state index contributed by atoms with van der Waals surface area (Å²) in [7, 11) is 2.12. The first kappa shape index (κ1) is 17.0. The van der Waals surface area contributed by atoms with Gasteiger partial charge in [0, 0.05) is 46.2 Å². The summed E-state index contributed by atoms with van der Waals surface area (Å²) in [5.41, 5.74) is 10.6. The Labute approximate surface area is 175 Å².